The highest BCUT2D eigenvalue weighted by atomic mass is 16.5. The quantitative estimate of drug-likeness (QED) is 0.101. The predicted octanol–water partition coefficient (Wildman–Crippen LogP) is 9.32. The van der Waals surface area contributed by atoms with E-state index in [1.807, 2.05) is 0 Å². The van der Waals surface area contributed by atoms with Crippen molar-refractivity contribution in [1.29, 1.82) is 0 Å². The normalized spacial score (nSPS) is 12.5. The molecule has 29 heavy (non-hydrogen) atoms. The molecule has 0 aromatic carbocycles. The number of carbonyl (C=O) groups is 1. The molecule has 0 fully saturated rings. The lowest BCUT2D eigenvalue weighted by Gasteiger charge is -2.13. The molecule has 0 aliphatic rings. The first-order valence-corrected chi connectivity index (χ1v) is 13.0. The Morgan fingerprint density at radius 2 is 1.07 bits per heavy atom. The molecule has 0 spiro atoms. The molecule has 2 heteroatoms. The Labute approximate surface area is 183 Å². The second-order valence-corrected chi connectivity index (χ2v) is 8.81. The van der Waals surface area contributed by atoms with Gasteiger partial charge in [-0.15, -0.1) is 0 Å². The van der Waals surface area contributed by atoms with Crippen LogP contribution in [-0.4, -0.2) is 12.1 Å². The molecule has 0 heterocycles. The van der Waals surface area contributed by atoms with Crippen LogP contribution in [0.15, 0.2) is 12.2 Å². The summed E-state index contributed by atoms with van der Waals surface area (Å²) in [4.78, 5) is 11.3. The van der Waals surface area contributed by atoms with E-state index in [-0.39, 0.29) is 12.1 Å². The van der Waals surface area contributed by atoms with E-state index in [0.717, 1.165) is 19.3 Å². The zero-order valence-corrected chi connectivity index (χ0v) is 20.2. The van der Waals surface area contributed by atoms with Gasteiger partial charge in [-0.1, -0.05) is 123 Å². The second-order valence-electron chi connectivity index (χ2n) is 8.81. The molecule has 0 radical (unpaired) electrons. The van der Waals surface area contributed by atoms with Crippen molar-refractivity contribution in [1.82, 2.24) is 0 Å². The van der Waals surface area contributed by atoms with Gasteiger partial charge < -0.3 is 4.74 Å². The van der Waals surface area contributed by atoms with Gasteiger partial charge in [0.25, 0.3) is 0 Å². The molecule has 0 saturated heterocycles. The van der Waals surface area contributed by atoms with E-state index < -0.39 is 0 Å². The van der Waals surface area contributed by atoms with Gasteiger partial charge in [0.15, 0.2) is 0 Å². The third kappa shape index (κ3) is 23.4. The van der Waals surface area contributed by atoms with Gasteiger partial charge >= 0.3 is 5.97 Å². The Morgan fingerprint density at radius 3 is 1.52 bits per heavy atom. The van der Waals surface area contributed by atoms with E-state index in [2.05, 4.69) is 26.0 Å². The first-order valence-electron chi connectivity index (χ1n) is 13.0. The van der Waals surface area contributed by atoms with Crippen molar-refractivity contribution in [2.24, 2.45) is 0 Å². The maximum absolute atomic E-state index is 11.3. The van der Waals surface area contributed by atoms with Crippen LogP contribution in [-0.2, 0) is 9.53 Å². The number of hydrogen-bond donors (Lipinski definition) is 0. The molecule has 0 amide bonds. The monoisotopic (exact) mass is 408 g/mol. The van der Waals surface area contributed by atoms with E-state index >= 15 is 0 Å². The fourth-order valence-electron chi connectivity index (χ4n) is 3.88. The van der Waals surface area contributed by atoms with E-state index in [9.17, 15) is 4.79 Å². The Balaban J connectivity index is 3.59. The molecule has 0 aliphatic carbocycles. The van der Waals surface area contributed by atoms with Crippen molar-refractivity contribution < 1.29 is 9.53 Å². The van der Waals surface area contributed by atoms with Crippen molar-refractivity contribution in [3.05, 3.63) is 12.2 Å². The summed E-state index contributed by atoms with van der Waals surface area (Å²) in [5.41, 5.74) is 0. The van der Waals surface area contributed by atoms with Gasteiger partial charge in [0.05, 0.1) is 0 Å². The van der Waals surface area contributed by atoms with Crippen molar-refractivity contribution >= 4 is 5.97 Å². The topological polar surface area (TPSA) is 26.3 Å². The van der Waals surface area contributed by atoms with E-state index in [1.54, 1.807) is 0 Å². The summed E-state index contributed by atoms with van der Waals surface area (Å²) < 4.78 is 5.47. The summed E-state index contributed by atoms with van der Waals surface area (Å²) in [6, 6.07) is 0. The number of rotatable bonds is 22. The molecular weight excluding hydrogens is 356 g/mol. The largest absolute Gasteiger partial charge is 0.458 e. The summed E-state index contributed by atoms with van der Waals surface area (Å²) in [6.45, 7) is 6.05. The number of unbranched alkanes of at least 4 members (excludes halogenated alkanes) is 17. The number of esters is 1. The number of ether oxygens (including phenoxy) is 1. The van der Waals surface area contributed by atoms with Gasteiger partial charge in [-0.25, -0.2) is 0 Å². The van der Waals surface area contributed by atoms with Crippen LogP contribution in [0.3, 0.4) is 0 Å². The minimum absolute atomic E-state index is 0.0176. The van der Waals surface area contributed by atoms with E-state index in [0.29, 0.717) is 0 Å². The number of hydrogen-bond acceptors (Lipinski definition) is 2. The molecule has 0 rings (SSSR count). The third-order valence-corrected chi connectivity index (χ3v) is 5.73. The van der Waals surface area contributed by atoms with E-state index in [4.69, 9.17) is 4.74 Å². The van der Waals surface area contributed by atoms with Crippen LogP contribution >= 0.6 is 0 Å². The Kier molecular flexibility index (Phi) is 22.8. The van der Waals surface area contributed by atoms with Crippen molar-refractivity contribution in [3.8, 4) is 0 Å². The van der Waals surface area contributed by atoms with Gasteiger partial charge in [0.1, 0.15) is 6.10 Å². The second kappa shape index (κ2) is 23.5. The summed E-state index contributed by atoms with van der Waals surface area (Å²) in [5, 5.41) is 0. The minimum Gasteiger partial charge on any atom is -0.458 e. The summed E-state index contributed by atoms with van der Waals surface area (Å²) in [6.07, 6.45) is 30.8. The lowest BCUT2D eigenvalue weighted by atomic mass is 10.0. The van der Waals surface area contributed by atoms with Crippen molar-refractivity contribution in [3.63, 3.8) is 0 Å². The highest BCUT2D eigenvalue weighted by molar-refractivity contribution is 5.66. The average Bonchev–Trinajstić information content (AvgIpc) is 2.70. The fourth-order valence-corrected chi connectivity index (χ4v) is 3.88. The fraction of sp³-hybridized carbons (Fsp3) is 0.889. The first kappa shape index (κ1) is 28.2. The summed E-state index contributed by atoms with van der Waals surface area (Å²) in [7, 11) is 0. The molecule has 0 aliphatic heterocycles. The van der Waals surface area contributed by atoms with Crippen molar-refractivity contribution in [2.75, 3.05) is 0 Å². The van der Waals surface area contributed by atoms with Crippen LogP contribution in [0, 0.1) is 0 Å². The van der Waals surface area contributed by atoms with E-state index in [1.165, 1.54) is 116 Å². The molecule has 0 bridgehead atoms. The van der Waals surface area contributed by atoms with Crippen molar-refractivity contribution in [2.45, 2.75) is 155 Å². The van der Waals surface area contributed by atoms with Crippen LogP contribution in [0.1, 0.15) is 149 Å². The zero-order valence-electron chi connectivity index (χ0n) is 20.2. The molecule has 0 unspecified atom stereocenters. The third-order valence-electron chi connectivity index (χ3n) is 5.73. The maximum Gasteiger partial charge on any atom is 0.303 e. The Morgan fingerprint density at radius 1 is 0.655 bits per heavy atom. The van der Waals surface area contributed by atoms with Gasteiger partial charge in [0.2, 0.25) is 0 Å². The number of carbonyl (C=O) groups excluding carboxylic acids is 1. The Hall–Kier alpha value is -0.790. The molecular formula is C27H52O2. The van der Waals surface area contributed by atoms with Crippen LogP contribution in [0.25, 0.3) is 0 Å². The van der Waals surface area contributed by atoms with Gasteiger partial charge in [0, 0.05) is 6.92 Å². The molecule has 172 valence electrons. The molecule has 1 atom stereocenters. The summed E-state index contributed by atoms with van der Waals surface area (Å²) >= 11 is 0. The smallest absolute Gasteiger partial charge is 0.303 e. The van der Waals surface area contributed by atoms with Crippen LogP contribution in [0.4, 0.5) is 0 Å². The molecule has 0 aromatic rings. The minimum atomic E-state index is -0.156. The Bertz CT molecular complexity index is 362. The highest BCUT2D eigenvalue weighted by Gasteiger charge is 2.07. The molecule has 0 saturated carbocycles. The lowest BCUT2D eigenvalue weighted by molar-refractivity contribution is -0.144. The lowest BCUT2D eigenvalue weighted by Crippen LogP contribution is -2.13. The van der Waals surface area contributed by atoms with Crippen LogP contribution in [0.2, 0.25) is 0 Å². The van der Waals surface area contributed by atoms with Gasteiger partial charge in [-0.05, 0) is 31.8 Å². The molecule has 0 N–H and O–H groups in total. The SMILES string of the molecule is CCCCCCCCCCCCCC/C=C/[C@H](CCCCCCCC)OC(C)=O. The highest BCUT2D eigenvalue weighted by Crippen LogP contribution is 2.14. The van der Waals surface area contributed by atoms with Crippen LogP contribution < -0.4 is 0 Å². The van der Waals surface area contributed by atoms with Gasteiger partial charge in [-0.2, -0.15) is 0 Å². The molecule has 2 nitrogen and oxygen atoms in total. The number of allylic oxidation sites excluding steroid dienone is 1. The first-order chi connectivity index (χ1) is 14.2. The maximum atomic E-state index is 11.3. The zero-order chi connectivity index (χ0) is 21.4. The van der Waals surface area contributed by atoms with Gasteiger partial charge in [-0.3, -0.25) is 4.79 Å². The predicted molar refractivity (Wildman–Crippen MR) is 128 cm³/mol. The summed E-state index contributed by atoms with van der Waals surface area (Å²) in [5.74, 6) is -0.156. The standard InChI is InChI=1S/C27H52O2/c1-4-6-8-10-12-13-14-15-16-17-18-19-21-23-25-27(29-26(3)28)24-22-20-11-9-7-5-2/h23,25,27H,4-22,24H2,1-3H3/b25-23+/t27-/m0/s1. The molecule has 0 aromatic heterocycles. The average molecular weight is 409 g/mol. The van der Waals surface area contributed by atoms with Crippen LogP contribution in [0.5, 0.6) is 0 Å².